The fraction of sp³-hybridized carbons (Fsp3) is 0.818. The number of hydrogen-bond acceptors (Lipinski definition) is 4. The van der Waals surface area contributed by atoms with Crippen molar-refractivity contribution in [2.24, 2.45) is 5.92 Å². The Morgan fingerprint density at radius 3 is 2.14 bits per heavy atom. The Hall–Kier alpha value is -1.32. The van der Waals surface area contributed by atoms with Crippen LogP contribution in [0.1, 0.15) is 19.3 Å². The molecule has 10 heteroatoms. The summed E-state index contributed by atoms with van der Waals surface area (Å²) in [5, 5.41) is 9.19. The number of rotatable bonds is 1. The molecule has 0 aromatic rings. The third kappa shape index (κ3) is 2.72. The molecule has 1 atom stereocenters. The van der Waals surface area contributed by atoms with Crippen LogP contribution in [-0.4, -0.2) is 60.1 Å². The molecule has 2 fully saturated rings. The third-order valence-electron chi connectivity index (χ3n) is 4.31. The van der Waals surface area contributed by atoms with Gasteiger partial charge in [-0.1, -0.05) is 0 Å². The van der Waals surface area contributed by atoms with E-state index < -0.39 is 50.9 Å². The molecule has 2 saturated heterocycles. The molecule has 0 aliphatic carbocycles. The second-order valence-electron chi connectivity index (χ2n) is 5.39. The Labute approximate surface area is 118 Å². The molecule has 1 spiro atoms. The minimum absolute atomic E-state index is 0.1000. The number of halogens is 3. The summed E-state index contributed by atoms with van der Waals surface area (Å²) in [6, 6.07) is 0. The van der Waals surface area contributed by atoms with Gasteiger partial charge in [0.2, 0.25) is 0 Å². The highest BCUT2D eigenvalue weighted by Crippen LogP contribution is 2.45. The number of carbonyl (C=O) groups is 2. The van der Waals surface area contributed by atoms with Crippen LogP contribution in [-0.2, 0) is 19.4 Å². The van der Waals surface area contributed by atoms with Crippen LogP contribution in [0.15, 0.2) is 0 Å². The molecule has 1 N–H and O–H groups in total. The van der Waals surface area contributed by atoms with Crippen LogP contribution in [0, 0.1) is 5.92 Å². The molecular formula is C11H14F3NO5S. The van der Waals surface area contributed by atoms with Crippen molar-refractivity contribution in [3.63, 3.8) is 0 Å². The number of alkyl halides is 3. The second kappa shape index (κ2) is 4.85. The summed E-state index contributed by atoms with van der Waals surface area (Å²) in [5.41, 5.74) is -1.55. The Morgan fingerprint density at radius 2 is 1.71 bits per heavy atom. The molecule has 2 aliphatic heterocycles. The first-order valence-electron chi connectivity index (χ1n) is 6.32. The quantitative estimate of drug-likeness (QED) is 0.753. The maximum Gasteiger partial charge on any atom is 0.471 e. The lowest BCUT2D eigenvalue weighted by Gasteiger charge is -2.43. The van der Waals surface area contributed by atoms with Crippen LogP contribution in [0.5, 0.6) is 0 Å². The average Bonchev–Trinajstić information content (AvgIpc) is 2.70. The van der Waals surface area contributed by atoms with E-state index in [-0.39, 0.29) is 25.8 Å². The van der Waals surface area contributed by atoms with Crippen LogP contribution in [0.25, 0.3) is 0 Å². The number of likely N-dealkylation sites (tertiary alicyclic amines) is 1. The normalized spacial score (nSPS) is 27.8. The third-order valence-corrected chi connectivity index (χ3v) is 5.96. The van der Waals surface area contributed by atoms with Crippen molar-refractivity contribution in [1.82, 2.24) is 4.90 Å². The van der Waals surface area contributed by atoms with Gasteiger partial charge in [-0.05, 0) is 19.3 Å². The summed E-state index contributed by atoms with van der Waals surface area (Å²) in [7, 11) is -3.39. The minimum atomic E-state index is -5.10. The molecule has 0 bridgehead atoms. The van der Waals surface area contributed by atoms with Crippen LogP contribution in [0.4, 0.5) is 13.2 Å². The number of carboxylic acid groups (broad SMARTS) is 1. The first-order chi connectivity index (χ1) is 9.50. The molecule has 2 aliphatic rings. The lowest BCUT2D eigenvalue weighted by Crippen LogP contribution is -2.59. The zero-order chi connectivity index (χ0) is 16.1. The van der Waals surface area contributed by atoms with E-state index in [2.05, 4.69) is 0 Å². The number of hydrogen-bond donors (Lipinski definition) is 1. The van der Waals surface area contributed by atoms with E-state index in [0.29, 0.717) is 4.90 Å². The number of carbonyl (C=O) groups excluding carboxylic acids is 1. The summed E-state index contributed by atoms with van der Waals surface area (Å²) in [4.78, 5) is 23.3. The van der Waals surface area contributed by atoms with Gasteiger partial charge in [0.15, 0.2) is 0 Å². The Balaban J connectivity index is 2.38. The minimum Gasteiger partial charge on any atom is -0.481 e. The van der Waals surface area contributed by atoms with Crippen LogP contribution in [0.2, 0.25) is 0 Å². The number of sulfone groups is 1. The summed E-state index contributed by atoms with van der Waals surface area (Å²) in [5.74, 6) is -5.37. The van der Waals surface area contributed by atoms with E-state index in [1.165, 1.54) is 0 Å². The fourth-order valence-corrected chi connectivity index (χ4v) is 4.79. The Bertz CT molecular complexity index is 557. The van der Waals surface area contributed by atoms with Crippen LogP contribution >= 0.6 is 0 Å². The molecule has 0 aromatic carbocycles. The van der Waals surface area contributed by atoms with Gasteiger partial charge in [0, 0.05) is 6.54 Å². The van der Waals surface area contributed by atoms with Gasteiger partial charge in [-0.25, -0.2) is 8.42 Å². The Morgan fingerprint density at radius 1 is 1.19 bits per heavy atom. The molecule has 120 valence electrons. The summed E-state index contributed by atoms with van der Waals surface area (Å²) < 4.78 is 60.9. The summed E-state index contributed by atoms with van der Waals surface area (Å²) >= 11 is 0. The molecule has 2 heterocycles. The molecule has 1 amide bonds. The summed E-state index contributed by atoms with van der Waals surface area (Å²) in [6.07, 6.45) is -5.74. The van der Waals surface area contributed by atoms with Crippen molar-refractivity contribution < 1.29 is 36.3 Å². The number of carboxylic acids is 1. The maximum atomic E-state index is 12.7. The lowest BCUT2D eigenvalue weighted by molar-refractivity contribution is -0.191. The largest absolute Gasteiger partial charge is 0.481 e. The van der Waals surface area contributed by atoms with Crippen molar-refractivity contribution >= 4 is 21.7 Å². The van der Waals surface area contributed by atoms with E-state index in [0.717, 1.165) is 0 Å². The van der Waals surface area contributed by atoms with Gasteiger partial charge in [0.05, 0.1) is 23.0 Å². The molecule has 6 nitrogen and oxygen atoms in total. The molecule has 0 saturated carbocycles. The lowest BCUT2D eigenvalue weighted by atomic mass is 9.79. The molecule has 21 heavy (non-hydrogen) atoms. The van der Waals surface area contributed by atoms with Gasteiger partial charge in [-0.3, -0.25) is 9.59 Å². The number of nitrogens with zero attached hydrogens (tertiary/aromatic N) is 1. The zero-order valence-electron chi connectivity index (χ0n) is 10.9. The first-order valence-corrected chi connectivity index (χ1v) is 8.14. The van der Waals surface area contributed by atoms with E-state index in [1.807, 2.05) is 0 Å². The van der Waals surface area contributed by atoms with E-state index in [1.54, 1.807) is 0 Å². The van der Waals surface area contributed by atoms with Crippen molar-refractivity contribution in [3.05, 3.63) is 0 Å². The molecule has 2 rings (SSSR count). The second-order valence-corrected chi connectivity index (χ2v) is 7.69. The average molecular weight is 329 g/mol. The SMILES string of the molecule is O=C(O)C1CCN(C(=O)C(F)(F)F)C12CCS(=O)(=O)CC2. The zero-order valence-corrected chi connectivity index (χ0v) is 11.7. The van der Waals surface area contributed by atoms with Crippen molar-refractivity contribution in [3.8, 4) is 0 Å². The highest BCUT2D eigenvalue weighted by Gasteiger charge is 2.59. The highest BCUT2D eigenvalue weighted by molar-refractivity contribution is 7.91. The predicted molar refractivity (Wildman–Crippen MR) is 64.1 cm³/mol. The fourth-order valence-electron chi connectivity index (χ4n) is 3.26. The van der Waals surface area contributed by atoms with Crippen molar-refractivity contribution in [1.29, 1.82) is 0 Å². The monoisotopic (exact) mass is 329 g/mol. The van der Waals surface area contributed by atoms with E-state index in [9.17, 15) is 36.3 Å². The molecule has 1 unspecified atom stereocenters. The van der Waals surface area contributed by atoms with Crippen molar-refractivity contribution in [2.75, 3.05) is 18.1 Å². The van der Waals surface area contributed by atoms with Crippen molar-refractivity contribution in [2.45, 2.75) is 31.0 Å². The Kier molecular flexibility index (Phi) is 3.71. The number of amides is 1. The smallest absolute Gasteiger partial charge is 0.471 e. The topological polar surface area (TPSA) is 91.8 Å². The van der Waals surface area contributed by atoms with E-state index >= 15 is 0 Å². The van der Waals surface area contributed by atoms with Gasteiger partial charge < -0.3 is 10.0 Å². The van der Waals surface area contributed by atoms with Gasteiger partial charge in [-0.2, -0.15) is 13.2 Å². The van der Waals surface area contributed by atoms with Gasteiger partial charge in [-0.15, -0.1) is 0 Å². The number of aliphatic carboxylic acids is 1. The van der Waals surface area contributed by atoms with Gasteiger partial charge >= 0.3 is 18.1 Å². The van der Waals surface area contributed by atoms with Gasteiger partial charge in [0.1, 0.15) is 9.84 Å². The predicted octanol–water partition coefficient (Wildman–Crippen LogP) is 0.429. The molecule has 0 aromatic heterocycles. The molecular weight excluding hydrogens is 315 g/mol. The highest BCUT2D eigenvalue weighted by atomic mass is 32.2. The standard InChI is InChI=1S/C11H14F3NO5S/c12-11(13,14)9(18)15-4-1-7(8(16)17)10(15)2-5-21(19,20)6-3-10/h7H,1-6H2,(H,16,17). The summed E-state index contributed by atoms with van der Waals surface area (Å²) in [6.45, 7) is -0.324. The van der Waals surface area contributed by atoms with E-state index in [4.69, 9.17) is 0 Å². The maximum absolute atomic E-state index is 12.7. The first kappa shape index (κ1) is 16.1. The molecule has 0 radical (unpaired) electrons. The van der Waals surface area contributed by atoms with Crippen LogP contribution in [0.3, 0.4) is 0 Å². The van der Waals surface area contributed by atoms with Crippen LogP contribution < -0.4 is 0 Å². The van der Waals surface area contributed by atoms with Gasteiger partial charge in [0.25, 0.3) is 0 Å².